The fourth-order valence-corrected chi connectivity index (χ4v) is 5.42. The normalized spacial score (nSPS) is 11.2. The zero-order valence-corrected chi connectivity index (χ0v) is 21.6. The second-order valence-electron chi connectivity index (χ2n) is 9.19. The highest BCUT2D eigenvalue weighted by Crippen LogP contribution is 2.27. The highest BCUT2D eigenvalue weighted by molar-refractivity contribution is 7.09. The van der Waals surface area contributed by atoms with Gasteiger partial charge >= 0.3 is 5.97 Å². The molecule has 0 bridgehead atoms. The molecule has 1 N–H and O–H groups in total. The van der Waals surface area contributed by atoms with Crippen LogP contribution in [0.4, 0.5) is 5.69 Å². The maximum atomic E-state index is 11.6. The van der Waals surface area contributed by atoms with Crippen molar-refractivity contribution in [3.63, 3.8) is 0 Å². The summed E-state index contributed by atoms with van der Waals surface area (Å²) in [5.74, 6) is -0.841. The summed E-state index contributed by atoms with van der Waals surface area (Å²) >= 11 is 1.57. The number of aliphatic carboxylic acids is 1. The zero-order chi connectivity index (χ0) is 25.6. The average Bonchev–Trinajstić information content (AvgIpc) is 3.37. The molecule has 1 aromatic heterocycles. The summed E-state index contributed by atoms with van der Waals surface area (Å²) in [6.45, 7) is 1.83. The summed E-state index contributed by atoms with van der Waals surface area (Å²) in [5, 5.41) is 14.8. The Hall–Kier alpha value is -4.00. The summed E-state index contributed by atoms with van der Waals surface area (Å²) in [7, 11) is 2.09. The minimum Gasteiger partial charge on any atom is -0.480 e. The third kappa shape index (κ3) is 6.23. The molecule has 0 aliphatic heterocycles. The van der Waals surface area contributed by atoms with Crippen LogP contribution in [0.3, 0.4) is 0 Å². The number of carboxylic acids is 1. The van der Waals surface area contributed by atoms with Gasteiger partial charge in [-0.3, -0.25) is 9.69 Å². The zero-order valence-electron chi connectivity index (χ0n) is 20.7. The van der Waals surface area contributed by atoms with Crippen molar-refractivity contribution in [3.05, 3.63) is 119 Å². The lowest BCUT2D eigenvalue weighted by Gasteiger charge is -2.20. The minimum absolute atomic E-state index is 0.0411. The van der Waals surface area contributed by atoms with E-state index in [1.165, 1.54) is 5.56 Å². The maximum Gasteiger partial charge on any atom is 0.317 e. The van der Waals surface area contributed by atoms with Crippen LogP contribution in [-0.2, 0) is 24.4 Å². The van der Waals surface area contributed by atoms with Crippen molar-refractivity contribution in [1.82, 2.24) is 9.88 Å². The van der Waals surface area contributed by atoms with Gasteiger partial charge in [-0.25, -0.2) is 4.98 Å². The van der Waals surface area contributed by atoms with Crippen LogP contribution in [-0.4, -0.2) is 34.6 Å². The van der Waals surface area contributed by atoms with Gasteiger partial charge in [-0.1, -0.05) is 84.9 Å². The van der Waals surface area contributed by atoms with Crippen molar-refractivity contribution in [3.8, 4) is 11.3 Å². The van der Waals surface area contributed by atoms with Crippen LogP contribution in [0.25, 0.3) is 22.0 Å². The smallest absolute Gasteiger partial charge is 0.317 e. The number of nitrogens with zero attached hydrogens (tertiary/aromatic N) is 3. The predicted octanol–water partition coefficient (Wildman–Crippen LogP) is 6.69. The Balaban J connectivity index is 1.28. The lowest BCUT2D eigenvalue weighted by atomic mass is 10.0. The van der Waals surface area contributed by atoms with E-state index in [0.29, 0.717) is 13.1 Å². The second-order valence-corrected chi connectivity index (χ2v) is 10.1. The summed E-state index contributed by atoms with van der Waals surface area (Å²) < 4.78 is 0. The number of anilines is 1. The van der Waals surface area contributed by atoms with Gasteiger partial charge in [-0.2, -0.15) is 0 Å². The first kappa shape index (κ1) is 24.7. The minimum atomic E-state index is -0.841. The Bertz CT molecular complexity index is 1480. The van der Waals surface area contributed by atoms with Crippen molar-refractivity contribution in [2.45, 2.75) is 19.6 Å². The van der Waals surface area contributed by atoms with Crippen molar-refractivity contribution in [2.24, 2.45) is 0 Å². The quantitative estimate of drug-likeness (QED) is 0.228. The van der Waals surface area contributed by atoms with Crippen LogP contribution in [0.5, 0.6) is 0 Å². The van der Waals surface area contributed by atoms with Crippen molar-refractivity contribution >= 4 is 33.8 Å². The van der Waals surface area contributed by atoms with Gasteiger partial charge in [-0.05, 0) is 34.0 Å². The molecule has 0 saturated carbocycles. The average molecular weight is 508 g/mol. The molecule has 0 unspecified atom stereocenters. The topological polar surface area (TPSA) is 56.7 Å². The van der Waals surface area contributed by atoms with Crippen LogP contribution in [0.2, 0.25) is 0 Å². The number of carbonyl (C=O) groups is 1. The van der Waals surface area contributed by atoms with Gasteiger partial charge in [0.05, 0.1) is 18.8 Å². The third-order valence-electron chi connectivity index (χ3n) is 6.41. The lowest BCUT2D eigenvalue weighted by molar-refractivity contribution is -0.138. The first-order chi connectivity index (χ1) is 18.0. The summed E-state index contributed by atoms with van der Waals surface area (Å²) in [6.07, 6.45) is 0. The number of hydrogen-bond acceptors (Lipinski definition) is 5. The van der Waals surface area contributed by atoms with Crippen LogP contribution in [0.15, 0.2) is 102 Å². The Kier molecular flexibility index (Phi) is 7.59. The van der Waals surface area contributed by atoms with E-state index in [0.717, 1.165) is 44.8 Å². The van der Waals surface area contributed by atoms with Gasteiger partial charge in [-0.15, -0.1) is 11.3 Å². The molecule has 186 valence electrons. The van der Waals surface area contributed by atoms with Crippen molar-refractivity contribution in [1.29, 1.82) is 0 Å². The van der Waals surface area contributed by atoms with Gasteiger partial charge < -0.3 is 10.0 Å². The molecule has 0 spiro atoms. The molecule has 5 rings (SSSR count). The number of aromatic nitrogens is 1. The number of thiazole rings is 1. The predicted molar refractivity (Wildman–Crippen MR) is 152 cm³/mol. The second kappa shape index (κ2) is 11.4. The van der Waals surface area contributed by atoms with Crippen LogP contribution in [0, 0.1) is 0 Å². The molecule has 0 saturated heterocycles. The number of rotatable bonds is 10. The van der Waals surface area contributed by atoms with Gasteiger partial charge in [0.25, 0.3) is 0 Å². The molecular formula is C31H29N3O2S. The number of carboxylic acid groups (broad SMARTS) is 1. The standard InChI is InChI=1S/C31H29N3O2S/c1-33(18-23-8-3-2-4-9-23)27-16-14-25(15-17-27)29-22-37-30(32-29)20-34(21-31(35)36)19-26-12-7-11-24-10-5-6-13-28(24)26/h2-17,22H,18-21H2,1H3,(H,35,36). The number of fused-ring (bicyclic) bond motifs is 1. The Morgan fingerprint density at radius 3 is 2.35 bits per heavy atom. The van der Waals surface area contributed by atoms with E-state index < -0.39 is 5.97 Å². The largest absolute Gasteiger partial charge is 0.480 e. The number of benzene rings is 4. The van der Waals surface area contributed by atoms with E-state index in [4.69, 9.17) is 4.98 Å². The highest BCUT2D eigenvalue weighted by Gasteiger charge is 2.15. The van der Waals surface area contributed by atoms with Crippen molar-refractivity contribution < 1.29 is 9.90 Å². The van der Waals surface area contributed by atoms with Crippen molar-refractivity contribution in [2.75, 3.05) is 18.5 Å². The maximum absolute atomic E-state index is 11.6. The monoisotopic (exact) mass is 507 g/mol. The molecule has 0 fully saturated rings. The van der Waals surface area contributed by atoms with E-state index >= 15 is 0 Å². The van der Waals surface area contributed by atoms with Crippen LogP contribution < -0.4 is 4.90 Å². The first-order valence-corrected chi connectivity index (χ1v) is 13.1. The number of hydrogen-bond donors (Lipinski definition) is 1. The van der Waals surface area contributed by atoms with E-state index in [-0.39, 0.29) is 6.54 Å². The highest BCUT2D eigenvalue weighted by atomic mass is 32.1. The summed E-state index contributed by atoms with van der Waals surface area (Å²) in [6, 6.07) is 33.2. The van der Waals surface area contributed by atoms with Crippen LogP contribution in [0.1, 0.15) is 16.1 Å². The van der Waals surface area contributed by atoms with Crippen LogP contribution >= 0.6 is 11.3 Å². The SMILES string of the molecule is CN(Cc1ccccc1)c1ccc(-c2csc(CN(CC(=O)O)Cc3cccc4ccccc34)n2)cc1. The van der Waals surface area contributed by atoms with E-state index in [1.54, 1.807) is 11.3 Å². The molecule has 1 heterocycles. The Morgan fingerprint density at radius 2 is 1.57 bits per heavy atom. The molecule has 0 amide bonds. The van der Waals surface area contributed by atoms with E-state index in [9.17, 15) is 9.90 Å². The molecule has 0 radical (unpaired) electrons. The molecule has 0 aliphatic carbocycles. The Morgan fingerprint density at radius 1 is 0.838 bits per heavy atom. The van der Waals surface area contributed by atoms with E-state index in [2.05, 4.69) is 90.1 Å². The van der Waals surface area contributed by atoms with Gasteiger partial charge in [0.2, 0.25) is 0 Å². The summed E-state index contributed by atoms with van der Waals surface area (Å²) in [5.41, 5.74) is 5.50. The van der Waals surface area contributed by atoms with Gasteiger partial charge in [0, 0.05) is 36.8 Å². The molecule has 5 aromatic rings. The fourth-order valence-electron chi connectivity index (χ4n) is 4.57. The molecule has 6 heteroatoms. The molecular weight excluding hydrogens is 478 g/mol. The van der Waals surface area contributed by atoms with Gasteiger partial charge in [0.1, 0.15) is 5.01 Å². The molecule has 0 atom stereocenters. The molecule has 5 nitrogen and oxygen atoms in total. The molecule has 4 aromatic carbocycles. The Labute approximate surface area is 221 Å². The fraction of sp³-hybridized carbons (Fsp3) is 0.161. The molecule has 0 aliphatic rings. The molecule has 37 heavy (non-hydrogen) atoms. The lowest BCUT2D eigenvalue weighted by Crippen LogP contribution is -2.29. The van der Waals surface area contributed by atoms with Gasteiger partial charge in [0.15, 0.2) is 0 Å². The summed E-state index contributed by atoms with van der Waals surface area (Å²) in [4.78, 5) is 20.6. The third-order valence-corrected chi connectivity index (χ3v) is 7.24. The first-order valence-electron chi connectivity index (χ1n) is 12.3. The van der Waals surface area contributed by atoms with E-state index in [1.807, 2.05) is 29.2 Å².